The Hall–Kier alpha value is -2.61. The Morgan fingerprint density at radius 3 is 2.81 bits per heavy atom. The number of piperidine rings is 1. The number of likely N-dealkylation sites (tertiary alicyclic amines) is 1. The molecule has 7 nitrogen and oxygen atoms in total. The maximum atomic E-state index is 12.6. The Morgan fingerprint density at radius 2 is 2.11 bits per heavy atom. The molecule has 2 aromatic heterocycles. The van der Waals surface area contributed by atoms with Crippen LogP contribution in [0.15, 0.2) is 30.5 Å². The number of aryl methyl sites for hydroxylation is 1. The molecule has 0 unspecified atom stereocenters. The van der Waals surface area contributed by atoms with Crippen molar-refractivity contribution in [2.45, 2.75) is 32.4 Å². The van der Waals surface area contributed by atoms with Gasteiger partial charge in [-0.2, -0.15) is 5.10 Å². The summed E-state index contributed by atoms with van der Waals surface area (Å²) in [6.07, 6.45) is 3.49. The number of benzene rings is 1. The van der Waals surface area contributed by atoms with Gasteiger partial charge in [-0.3, -0.25) is 9.48 Å². The lowest BCUT2D eigenvalue weighted by Gasteiger charge is -2.31. The smallest absolute Gasteiger partial charge is 0.274 e. The van der Waals surface area contributed by atoms with E-state index in [-0.39, 0.29) is 12.0 Å². The van der Waals surface area contributed by atoms with E-state index in [2.05, 4.69) is 10.1 Å². The van der Waals surface area contributed by atoms with Crippen molar-refractivity contribution in [3.8, 4) is 10.9 Å². The molecule has 0 N–H and O–H groups in total. The lowest BCUT2D eigenvalue weighted by atomic mass is 10.1. The van der Waals surface area contributed by atoms with Gasteiger partial charge in [-0.05, 0) is 31.2 Å². The first-order chi connectivity index (χ1) is 13.2. The summed E-state index contributed by atoms with van der Waals surface area (Å²) in [5.41, 5.74) is 1.42. The Kier molecular flexibility index (Phi) is 4.98. The number of amides is 1. The van der Waals surface area contributed by atoms with E-state index in [4.69, 9.17) is 9.47 Å². The summed E-state index contributed by atoms with van der Waals surface area (Å²) in [5, 5.41) is 4.98. The van der Waals surface area contributed by atoms with E-state index in [1.54, 1.807) is 17.9 Å². The zero-order valence-electron chi connectivity index (χ0n) is 15.4. The lowest BCUT2D eigenvalue weighted by molar-refractivity contribution is 0.0589. The minimum atomic E-state index is -0.00673. The first-order valence-corrected chi connectivity index (χ1v) is 9.92. The number of fused-ring (bicyclic) bond motifs is 1. The van der Waals surface area contributed by atoms with Crippen LogP contribution in [0, 0.1) is 0 Å². The molecule has 1 aliphatic heterocycles. The zero-order valence-corrected chi connectivity index (χ0v) is 16.2. The summed E-state index contributed by atoms with van der Waals surface area (Å²) in [7, 11) is 1.65. The minimum absolute atomic E-state index is 0.00673. The molecular weight excluding hydrogens is 364 g/mol. The van der Waals surface area contributed by atoms with Gasteiger partial charge in [0.05, 0.1) is 17.3 Å². The maximum absolute atomic E-state index is 12.6. The Morgan fingerprint density at radius 1 is 1.30 bits per heavy atom. The topological polar surface area (TPSA) is 69.5 Å². The van der Waals surface area contributed by atoms with Crippen LogP contribution in [-0.2, 0) is 6.54 Å². The highest BCUT2D eigenvalue weighted by molar-refractivity contribution is 7.20. The molecule has 8 heteroatoms. The molecule has 0 radical (unpaired) electrons. The van der Waals surface area contributed by atoms with Gasteiger partial charge in [-0.25, -0.2) is 4.98 Å². The fraction of sp³-hybridized carbons (Fsp3) is 0.421. The fourth-order valence-electron chi connectivity index (χ4n) is 3.19. The molecule has 1 aromatic carbocycles. The standard InChI is InChI=1S/C19H22N4O3S/c1-3-23-11-8-16(21-23)18(24)22-9-6-13(7-10-22)26-19-20-15-5-4-14(25-2)12-17(15)27-19/h4-5,8,11-13H,3,6-7,9-10H2,1-2H3. The molecular formula is C19H22N4O3S. The van der Waals surface area contributed by atoms with Gasteiger partial charge in [0.25, 0.3) is 11.1 Å². The quantitative estimate of drug-likeness (QED) is 0.673. The average molecular weight is 386 g/mol. The summed E-state index contributed by atoms with van der Waals surface area (Å²) < 4.78 is 14.1. The molecule has 1 saturated heterocycles. The lowest BCUT2D eigenvalue weighted by Crippen LogP contribution is -2.42. The van der Waals surface area contributed by atoms with Crippen molar-refractivity contribution in [1.82, 2.24) is 19.7 Å². The van der Waals surface area contributed by atoms with Crippen molar-refractivity contribution < 1.29 is 14.3 Å². The molecule has 0 aliphatic carbocycles. The summed E-state index contributed by atoms with van der Waals surface area (Å²) in [6, 6.07) is 7.59. The van der Waals surface area contributed by atoms with Crippen LogP contribution in [0.3, 0.4) is 0 Å². The molecule has 0 saturated carbocycles. The van der Waals surface area contributed by atoms with Crippen LogP contribution >= 0.6 is 11.3 Å². The summed E-state index contributed by atoms with van der Waals surface area (Å²) in [4.78, 5) is 19.0. The van der Waals surface area contributed by atoms with E-state index < -0.39 is 0 Å². The summed E-state index contributed by atoms with van der Waals surface area (Å²) in [6.45, 7) is 4.10. The van der Waals surface area contributed by atoms with Gasteiger partial charge in [0, 0.05) is 38.7 Å². The number of nitrogens with zero attached hydrogens (tertiary/aromatic N) is 4. The van der Waals surface area contributed by atoms with E-state index in [9.17, 15) is 4.79 Å². The van der Waals surface area contributed by atoms with Crippen LogP contribution in [-0.4, -0.2) is 51.9 Å². The Labute approximate surface area is 161 Å². The van der Waals surface area contributed by atoms with E-state index >= 15 is 0 Å². The number of thiazole rings is 1. The third-order valence-electron chi connectivity index (χ3n) is 4.76. The predicted octanol–water partition coefficient (Wildman–Crippen LogP) is 3.20. The minimum Gasteiger partial charge on any atom is -0.497 e. The molecule has 0 bridgehead atoms. The number of carbonyl (C=O) groups excluding carboxylic acids is 1. The monoisotopic (exact) mass is 386 g/mol. The van der Waals surface area contributed by atoms with Gasteiger partial charge in [0.2, 0.25) is 0 Å². The summed E-state index contributed by atoms with van der Waals surface area (Å²) >= 11 is 1.52. The van der Waals surface area contributed by atoms with Crippen LogP contribution in [0.2, 0.25) is 0 Å². The molecule has 3 aromatic rings. The van der Waals surface area contributed by atoms with E-state index in [1.165, 1.54) is 11.3 Å². The van der Waals surface area contributed by atoms with Crippen LogP contribution in [0.5, 0.6) is 10.9 Å². The second-order valence-corrected chi connectivity index (χ2v) is 7.47. The first kappa shape index (κ1) is 17.8. The molecule has 142 valence electrons. The molecule has 0 spiro atoms. The second kappa shape index (κ2) is 7.56. The van der Waals surface area contributed by atoms with E-state index in [1.807, 2.05) is 36.2 Å². The van der Waals surface area contributed by atoms with E-state index in [0.29, 0.717) is 24.0 Å². The highest BCUT2D eigenvalue weighted by Crippen LogP contribution is 2.32. The summed E-state index contributed by atoms with van der Waals surface area (Å²) in [5.74, 6) is 0.808. The third-order valence-corrected chi connectivity index (χ3v) is 5.67. The van der Waals surface area contributed by atoms with Gasteiger partial charge in [-0.1, -0.05) is 11.3 Å². The van der Waals surface area contributed by atoms with E-state index in [0.717, 1.165) is 35.4 Å². The van der Waals surface area contributed by atoms with Crippen molar-refractivity contribution in [3.05, 3.63) is 36.2 Å². The molecule has 1 fully saturated rings. The van der Waals surface area contributed by atoms with Gasteiger partial charge in [-0.15, -0.1) is 0 Å². The third kappa shape index (κ3) is 3.75. The van der Waals surface area contributed by atoms with Crippen molar-refractivity contribution in [1.29, 1.82) is 0 Å². The van der Waals surface area contributed by atoms with Gasteiger partial charge < -0.3 is 14.4 Å². The largest absolute Gasteiger partial charge is 0.497 e. The number of methoxy groups -OCH3 is 1. The average Bonchev–Trinajstić information content (AvgIpc) is 3.33. The van der Waals surface area contributed by atoms with Crippen molar-refractivity contribution >= 4 is 27.5 Å². The maximum Gasteiger partial charge on any atom is 0.274 e. The van der Waals surface area contributed by atoms with Crippen molar-refractivity contribution in [2.75, 3.05) is 20.2 Å². The zero-order chi connectivity index (χ0) is 18.8. The Balaban J connectivity index is 1.36. The Bertz CT molecular complexity index is 943. The molecule has 1 amide bonds. The predicted molar refractivity (Wildman–Crippen MR) is 104 cm³/mol. The van der Waals surface area contributed by atoms with Crippen LogP contribution in [0.4, 0.5) is 0 Å². The van der Waals surface area contributed by atoms with Crippen LogP contribution < -0.4 is 9.47 Å². The van der Waals surface area contributed by atoms with Crippen LogP contribution in [0.1, 0.15) is 30.3 Å². The van der Waals surface area contributed by atoms with Crippen LogP contribution in [0.25, 0.3) is 10.2 Å². The fourth-order valence-corrected chi connectivity index (χ4v) is 4.10. The normalized spacial score (nSPS) is 15.3. The number of carbonyl (C=O) groups is 1. The molecule has 3 heterocycles. The van der Waals surface area contributed by atoms with Gasteiger partial charge in [0.1, 0.15) is 17.5 Å². The highest BCUT2D eigenvalue weighted by Gasteiger charge is 2.26. The van der Waals surface area contributed by atoms with Crippen molar-refractivity contribution in [2.24, 2.45) is 0 Å². The second-order valence-electron chi connectivity index (χ2n) is 6.48. The van der Waals surface area contributed by atoms with Gasteiger partial charge in [0.15, 0.2) is 0 Å². The first-order valence-electron chi connectivity index (χ1n) is 9.10. The number of hydrogen-bond acceptors (Lipinski definition) is 6. The SMILES string of the molecule is CCn1ccc(C(=O)N2CCC(Oc3nc4ccc(OC)cc4s3)CC2)n1. The molecule has 0 atom stereocenters. The highest BCUT2D eigenvalue weighted by atomic mass is 32.1. The molecule has 1 aliphatic rings. The van der Waals surface area contributed by atoms with Gasteiger partial charge >= 0.3 is 0 Å². The number of hydrogen-bond donors (Lipinski definition) is 0. The van der Waals surface area contributed by atoms with Crippen molar-refractivity contribution in [3.63, 3.8) is 0 Å². The number of ether oxygens (including phenoxy) is 2. The molecule has 27 heavy (non-hydrogen) atoms. The number of rotatable bonds is 5. The number of aromatic nitrogens is 3. The molecule has 4 rings (SSSR count).